The fourth-order valence-electron chi connectivity index (χ4n) is 4.01. The normalized spacial score (nSPS) is 42.5. The first-order valence-corrected chi connectivity index (χ1v) is 7.79. The van der Waals surface area contributed by atoms with Crippen LogP contribution in [0.2, 0.25) is 0 Å². The summed E-state index contributed by atoms with van der Waals surface area (Å²) >= 11 is 0. The van der Waals surface area contributed by atoms with Crippen LogP contribution in [0.3, 0.4) is 0 Å². The van der Waals surface area contributed by atoms with Crippen LogP contribution < -0.4 is 0 Å². The molecule has 1 saturated carbocycles. The fraction of sp³-hybridized carbons (Fsp3) is 0.938. The van der Waals surface area contributed by atoms with Crippen molar-refractivity contribution in [1.29, 1.82) is 0 Å². The molecule has 110 valence electrons. The maximum absolute atomic E-state index is 11.5. The zero-order valence-electron chi connectivity index (χ0n) is 12.8. The summed E-state index contributed by atoms with van der Waals surface area (Å²) in [6.45, 7) is 8.12. The Morgan fingerprint density at radius 3 is 2.79 bits per heavy atom. The lowest BCUT2D eigenvalue weighted by Gasteiger charge is -2.51. The van der Waals surface area contributed by atoms with E-state index in [0.29, 0.717) is 5.92 Å². The highest BCUT2D eigenvalue weighted by Crippen LogP contribution is 2.46. The van der Waals surface area contributed by atoms with E-state index in [2.05, 4.69) is 20.8 Å². The largest absolute Gasteiger partial charge is 0.459 e. The van der Waals surface area contributed by atoms with Gasteiger partial charge in [-0.3, -0.25) is 4.79 Å². The number of ether oxygens (including phenoxy) is 2. The van der Waals surface area contributed by atoms with Crippen molar-refractivity contribution in [2.45, 2.75) is 84.0 Å². The fourth-order valence-corrected chi connectivity index (χ4v) is 4.01. The highest BCUT2D eigenvalue weighted by Gasteiger charge is 2.50. The summed E-state index contributed by atoms with van der Waals surface area (Å²) in [6.07, 6.45) is 7.02. The Bertz CT molecular complexity index is 328. The van der Waals surface area contributed by atoms with Gasteiger partial charge in [-0.05, 0) is 32.1 Å². The van der Waals surface area contributed by atoms with Gasteiger partial charge in [-0.2, -0.15) is 0 Å². The highest BCUT2D eigenvalue weighted by molar-refractivity contribution is 5.66. The van der Waals surface area contributed by atoms with Gasteiger partial charge in [-0.1, -0.05) is 26.7 Å². The molecule has 0 aromatic rings. The lowest BCUT2D eigenvalue weighted by Crippen LogP contribution is -2.55. The number of fused-ring (bicyclic) bond motifs is 1. The molecular weight excluding hydrogens is 240 g/mol. The molecule has 0 bridgehead atoms. The zero-order valence-corrected chi connectivity index (χ0v) is 12.8. The molecular formula is C16H28O3. The minimum Gasteiger partial charge on any atom is -0.459 e. The van der Waals surface area contributed by atoms with Crippen LogP contribution in [0.25, 0.3) is 0 Å². The summed E-state index contributed by atoms with van der Waals surface area (Å²) in [6, 6.07) is 0. The van der Waals surface area contributed by atoms with Crippen molar-refractivity contribution in [2.24, 2.45) is 11.8 Å². The van der Waals surface area contributed by atoms with Crippen LogP contribution in [0.1, 0.15) is 66.2 Å². The van der Waals surface area contributed by atoms with Gasteiger partial charge in [0.25, 0.3) is 0 Å². The van der Waals surface area contributed by atoms with Gasteiger partial charge in [0.1, 0.15) is 5.60 Å². The summed E-state index contributed by atoms with van der Waals surface area (Å²) in [5.41, 5.74) is -0.325. The number of rotatable bonds is 3. The van der Waals surface area contributed by atoms with E-state index in [0.717, 1.165) is 38.0 Å². The molecule has 0 aromatic heterocycles. The van der Waals surface area contributed by atoms with Crippen LogP contribution in [0.15, 0.2) is 0 Å². The van der Waals surface area contributed by atoms with E-state index < -0.39 is 0 Å². The first-order valence-electron chi connectivity index (χ1n) is 7.79. The predicted octanol–water partition coefficient (Wildman–Crippen LogP) is 3.70. The van der Waals surface area contributed by atoms with Crippen LogP contribution >= 0.6 is 0 Å². The van der Waals surface area contributed by atoms with E-state index in [-0.39, 0.29) is 23.8 Å². The number of esters is 1. The maximum atomic E-state index is 11.5. The van der Waals surface area contributed by atoms with Crippen LogP contribution in [-0.4, -0.2) is 23.8 Å². The molecule has 2 aliphatic rings. The van der Waals surface area contributed by atoms with Crippen molar-refractivity contribution in [3.63, 3.8) is 0 Å². The van der Waals surface area contributed by atoms with Gasteiger partial charge in [-0.25, -0.2) is 0 Å². The van der Waals surface area contributed by atoms with Crippen molar-refractivity contribution >= 4 is 5.97 Å². The van der Waals surface area contributed by atoms with Gasteiger partial charge in [0, 0.05) is 19.3 Å². The van der Waals surface area contributed by atoms with Crippen LogP contribution in [-0.2, 0) is 14.3 Å². The summed E-state index contributed by atoms with van der Waals surface area (Å²) < 4.78 is 12.0. The predicted molar refractivity (Wildman–Crippen MR) is 74.9 cm³/mol. The molecule has 19 heavy (non-hydrogen) atoms. The summed E-state index contributed by atoms with van der Waals surface area (Å²) in [7, 11) is 0. The summed E-state index contributed by atoms with van der Waals surface area (Å²) in [5, 5.41) is 0. The van der Waals surface area contributed by atoms with Crippen LogP contribution in [0.4, 0.5) is 0 Å². The molecule has 2 rings (SSSR count). The van der Waals surface area contributed by atoms with E-state index in [1.165, 1.54) is 13.3 Å². The lowest BCUT2D eigenvalue weighted by atomic mass is 9.68. The molecule has 0 radical (unpaired) electrons. The lowest BCUT2D eigenvalue weighted by molar-refractivity contribution is -0.216. The van der Waals surface area contributed by atoms with Gasteiger partial charge in [0.15, 0.2) is 0 Å². The first-order chi connectivity index (χ1) is 8.94. The average Bonchev–Trinajstić information content (AvgIpc) is 2.26. The Morgan fingerprint density at radius 1 is 1.42 bits per heavy atom. The molecule has 0 spiro atoms. The monoisotopic (exact) mass is 268 g/mol. The van der Waals surface area contributed by atoms with E-state index in [1.807, 2.05) is 0 Å². The van der Waals surface area contributed by atoms with Crippen molar-refractivity contribution < 1.29 is 14.3 Å². The van der Waals surface area contributed by atoms with Gasteiger partial charge in [-0.15, -0.1) is 0 Å². The second-order valence-electron chi connectivity index (χ2n) is 6.72. The smallest absolute Gasteiger partial charge is 0.303 e. The number of carbonyl (C=O) groups is 1. The Morgan fingerprint density at radius 2 is 2.16 bits per heavy atom. The molecule has 0 N–H and O–H groups in total. The molecule has 0 aromatic carbocycles. The zero-order chi connectivity index (χ0) is 14.0. The second-order valence-corrected chi connectivity index (χ2v) is 6.72. The Kier molecular flexibility index (Phi) is 4.54. The standard InChI is InChI=1S/C16H28O3/c1-5-6-13-10-16(4,19-12(3)17)14-8-7-11(2)9-15(14)18-13/h11,13-15H,5-10H2,1-4H3/t11-,13+,14?,15-,16-/m1/s1. The van der Waals surface area contributed by atoms with Gasteiger partial charge >= 0.3 is 5.97 Å². The topological polar surface area (TPSA) is 35.5 Å². The van der Waals surface area contributed by atoms with Gasteiger partial charge in [0.2, 0.25) is 0 Å². The molecule has 1 aliphatic heterocycles. The van der Waals surface area contributed by atoms with Crippen LogP contribution in [0.5, 0.6) is 0 Å². The molecule has 5 atom stereocenters. The van der Waals surface area contributed by atoms with Crippen molar-refractivity contribution in [1.82, 2.24) is 0 Å². The second kappa shape index (κ2) is 5.82. The molecule has 2 fully saturated rings. The molecule has 3 heteroatoms. The molecule has 1 unspecified atom stereocenters. The Labute approximate surface area is 117 Å². The Balaban J connectivity index is 2.16. The van der Waals surface area contributed by atoms with E-state index >= 15 is 0 Å². The quantitative estimate of drug-likeness (QED) is 0.732. The maximum Gasteiger partial charge on any atom is 0.303 e. The molecule has 0 amide bonds. The average molecular weight is 268 g/mol. The third kappa shape index (κ3) is 3.31. The summed E-state index contributed by atoms with van der Waals surface area (Å²) in [5.74, 6) is 0.945. The molecule has 1 saturated heterocycles. The molecule has 1 heterocycles. The number of hydrogen-bond donors (Lipinski definition) is 0. The van der Waals surface area contributed by atoms with Gasteiger partial charge in [0.05, 0.1) is 12.2 Å². The van der Waals surface area contributed by atoms with E-state index in [4.69, 9.17) is 9.47 Å². The molecule has 3 nitrogen and oxygen atoms in total. The minimum atomic E-state index is -0.325. The Hall–Kier alpha value is -0.570. The third-order valence-corrected chi connectivity index (χ3v) is 4.83. The van der Waals surface area contributed by atoms with Crippen molar-refractivity contribution in [3.8, 4) is 0 Å². The summed E-state index contributed by atoms with van der Waals surface area (Å²) in [4.78, 5) is 11.5. The van der Waals surface area contributed by atoms with Crippen LogP contribution in [0, 0.1) is 11.8 Å². The number of carbonyl (C=O) groups excluding carboxylic acids is 1. The first kappa shape index (κ1) is 14.8. The number of hydrogen-bond acceptors (Lipinski definition) is 3. The highest BCUT2D eigenvalue weighted by atomic mass is 16.6. The van der Waals surface area contributed by atoms with Crippen molar-refractivity contribution in [3.05, 3.63) is 0 Å². The molecule has 1 aliphatic carbocycles. The third-order valence-electron chi connectivity index (χ3n) is 4.83. The van der Waals surface area contributed by atoms with Gasteiger partial charge < -0.3 is 9.47 Å². The van der Waals surface area contributed by atoms with E-state index in [1.54, 1.807) is 0 Å². The SMILES string of the molecule is CCC[C@H]1C[C@@](C)(OC(C)=O)C2CC[C@@H](C)C[C@H]2O1. The minimum absolute atomic E-state index is 0.156. The van der Waals surface area contributed by atoms with Crippen molar-refractivity contribution in [2.75, 3.05) is 0 Å². The van der Waals surface area contributed by atoms with E-state index in [9.17, 15) is 4.79 Å².